The van der Waals surface area contributed by atoms with Gasteiger partial charge in [-0.05, 0) is 32.5 Å². The third-order valence-corrected chi connectivity index (χ3v) is 3.75. The molecule has 0 aliphatic carbocycles. The van der Waals surface area contributed by atoms with E-state index in [4.69, 9.17) is 0 Å². The molecule has 4 nitrogen and oxygen atoms in total. The van der Waals surface area contributed by atoms with E-state index in [0.29, 0.717) is 6.04 Å². The molecule has 2 N–H and O–H groups in total. The van der Waals surface area contributed by atoms with Crippen LogP contribution in [0.3, 0.4) is 0 Å². The molecule has 2 aliphatic heterocycles. The van der Waals surface area contributed by atoms with Gasteiger partial charge >= 0.3 is 0 Å². The van der Waals surface area contributed by atoms with Crippen LogP contribution in [0.15, 0.2) is 0 Å². The Morgan fingerprint density at radius 3 is 2.93 bits per heavy atom. The molecule has 2 fully saturated rings. The highest BCUT2D eigenvalue weighted by atomic mass is 16.3. The molecule has 88 valence electrons. The maximum atomic E-state index is 9.26. The summed E-state index contributed by atoms with van der Waals surface area (Å²) in [5, 5.41) is 12.7. The third-order valence-electron chi connectivity index (χ3n) is 3.75. The molecule has 0 saturated carbocycles. The summed E-state index contributed by atoms with van der Waals surface area (Å²) >= 11 is 0. The zero-order valence-corrected chi connectivity index (χ0v) is 9.65. The molecule has 2 heterocycles. The average Bonchev–Trinajstić information content (AvgIpc) is 2.73. The Balaban J connectivity index is 1.78. The fourth-order valence-corrected chi connectivity index (χ4v) is 2.61. The van der Waals surface area contributed by atoms with Crippen molar-refractivity contribution in [3.63, 3.8) is 0 Å². The van der Waals surface area contributed by atoms with Crippen LogP contribution in [0, 0.1) is 5.92 Å². The maximum absolute atomic E-state index is 9.26. The van der Waals surface area contributed by atoms with Gasteiger partial charge < -0.3 is 15.3 Å². The molecule has 2 atom stereocenters. The topological polar surface area (TPSA) is 38.7 Å². The number of hydrogen-bond acceptors (Lipinski definition) is 4. The highest BCUT2D eigenvalue weighted by Gasteiger charge is 2.26. The largest absolute Gasteiger partial charge is 0.395 e. The van der Waals surface area contributed by atoms with Crippen molar-refractivity contribution in [2.45, 2.75) is 12.5 Å². The van der Waals surface area contributed by atoms with E-state index in [9.17, 15) is 5.11 Å². The highest BCUT2D eigenvalue weighted by Crippen LogP contribution is 2.13. The first-order chi connectivity index (χ1) is 7.29. The standard InChI is InChI=1S/C11H23N3O/c1-13-4-5-14(8-11(13)9-15)7-10-2-3-12-6-10/h10-12,15H,2-9H2,1H3. The van der Waals surface area contributed by atoms with Crippen LogP contribution in [0.5, 0.6) is 0 Å². The van der Waals surface area contributed by atoms with Crippen LogP contribution in [0.25, 0.3) is 0 Å². The van der Waals surface area contributed by atoms with E-state index in [2.05, 4.69) is 22.2 Å². The van der Waals surface area contributed by atoms with Crippen LogP contribution in [-0.2, 0) is 0 Å². The molecule has 0 radical (unpaired) electrons. The monoisotopic (exact) mass is 213 g/mol. The van der Waals surface area contributed by atoms with Crippen molar-refractivity contribution in [2.75, 3.05) is 52.9 Å². The van der Waals surface area contributed by atoms with Crippen LogP contribution < -0.4 is 5.32 Å². The minimum atomic E-state index is 0.288. The van der Waals surface area contributed by atoms with Gasteiger partial charge in [0.05, 0.1) is 6.61 Å². The van der Waals surface area contributed by atoms with Crippen molar-refractivity contribution < 1.29 is 5.11 Å². The zero-order valence-electron chi connectivity index (χ0n) is 9.65. The molecule has 2 saturated heterocycles. The third kappa shape index (κ3) is 2.91. The molecule has 2 unspecified atom stereocenters. The van der Waals surface area contributed by atoms with Gasteiger partial charge in [0, 0.05) is 32.2 Å². The molecule has 2 rings (SSSR count). The van der Waals surface area contributed by atoms with Crippen LogP contribution >= 0.6 is 0 Å². The zero-order chi connectivity index (χ0) is 10.7. The van der Waals surface area contributed by atoms with Crippen molar-refractivity contribution in [1.82, 2.24) is 15.1 Å². The van der Waals surface area contributed by atoms with Crippen LogP contribution in [0.1, 0.15) is 6.42 Å². The second-order valence-corrected chi connectivity index (χ2v) is 4.94. The summed E-state index contributed by atoms with van der Waals surface area (Å²) in [5.41, 5.74) is 0. The molecule has 15 heavy (non-hydrogen) atoms. The quantitative estimate of drug-likeness (QED) is 0.644. The molecule has 0 aromatic heterocycles. The maximum Gasteiger partial charge on any atom is 0.0599 e. The smallest absolute Gasteiger partial charge is 0.0599 e. The minimum absolute atomic E-state index is 0.288. The lowest BCUT2D eigenvalue weighted by atomic mass is 10.1. The summed E-state index contributed by atoms with van der Waals surface area (Å²) < 4.78 is 0. The number of aliphatic hydroxyl groups excluding tert-OH is 1. The van der Waals surface area contributed by atoms with Crippen molar-refractivity contribution in [3.8, 4) is 0 Å². The number of aliphatic hydroxyl groups is 1. The first-order valence-corrected chi connectivity index (χ1v) is 6.03. The second-order valence-electron chi connectivity index (χ2n) is 4.94. The molecular formula is C11H23N3O. The van der Waals surface area contributed by atoms with E-state index in [1.165, 1.54) is 26.1 Å². The Kier molecular flexibility index (Phi) is 3.97. The van der Waals surface area contributed by atoms with Crippen LogP contribution in [0.2, 0.25) is 0 Å². The molecule has 0 aromatic carbocycles. The van der Waals surface area contributed by atoms with E-state index in [1.54, 1.807) is 0 Å². The lowest BCUT2D eigenvalue weighted by molar-refractivity contribution is 0.0512. The van der Waals surface area contributed by atoms with Crippen molar-refractivity contribution in [1.29, 1.82) is 0 Å². The Morgan fingerprint density at radius 2 is 2.27 bits per heavy atom. The van der Waals surface area contributed by atoms with Gasteiger partial charge in [-0.2, -0.15) is 0 Å². The predicted octanol–water partition coefficient (Wildman–Crippen LogP) is -0.796. The van der Waals surface area contributed by atoms with Crippen LogP contribution in [-0.4, -0.2) is 73.9 Å². The van der Waals surface area contributed by atoms with Gasteiger partial charge in [-0.1, -0.05) is 0 Å². The van der Waals surface area contributed by atoms with Crippen LogP contribution in [0.4, 0.5) is 0 Å². The molecule has 4 heteroatoms. The lowest BCUT2D eigenvalue weighted by Crippen LogP contribution is -2.53. The van der Waals surface area contributed by atoms with Gasteiger partial charge in [-0.3, -0.25) is 4.90 Å². The Bertz CT molecular complexity index is 192. The van der Waals surface area contributed by atoms with E-state index in [-0.39, 0.29) is 6.61 Å². The number of nitrogens with zero attached hydrogens (tertiary/aromatic N) is 2. The first-order valence-electron chi connectivity index (χ1n) is 6.03. The SMILES string of the molecule is CN1CCN(CC2CCNC2)CC1CO. The molecule has 0 amide bonds. The number of rotatable bonds is 3. The molecule has 0 bridgehead atoms. The summed E-state index contributed by atoms with van der Waals surface area (Å²) in [6.45, 7) is 7.13. The number of piperazine rings is 1. The van der Waals surface area contributed by atoms with E-state index in [1.807, 2.05) is 0 Å². The van der Waals surface area contributed by atoms with Gasteiger partial charge in [0.1, 0.15) is 0 Å². The summed E-state index contributed by atoms with van der Waals surface area (Å²) in [4.78, 5) is 4.78. The van der Waals surface area contributed by atoms with Gasteiger partial charge in [-0.15, -0.1) is 0 Å². The number of hydrogen-bond donors (Lipinski definition) is 2. The first kappa shape index (κ1) is 11.3. The summed E-state index contributed by atoms with van der Waals surface area (Å²) in [5.74, 6) is 0.827. The van der Waals surface area contributed by atoms with E-state index in [0.717, 1.165) is 25.6 Å². The molecule has 0 spiro atoms. The fraction of sp³-hybridized carbons (Fsp3) is 1.00. The van der Waals surface area contributed by atoms with E-state index < -0.39 is 0 Å². The fourth-order valence-electron chi connectivity index (χ4n) is 2.61. The number of nitrogens with one attached hydrogen (secondary N) is 1. The molecular weight excluding hydrogens is 190 g/mol. The minimum Gasteiger partial charge on any atom is -0.395 e. The van der Waals surface area contributed by atoms with Gasteiger partial charge in [0.15, 0.2) is 0 Å². The van der Waals surface area contributed by atoms with E-state index >= 15 is 0 Å². The van der Waals surface area contributed by atoms with Crippen molar-refractivity contribution in [3.05, 3.63) is 0 Å². The van der Waals surface area contributed by atoms with Crippen molar-refractivity contribution >= 4 is 0 Å². The summed E-state index contributed by atoms with van der Waals surface area (Å²) in [7, 11) is 2.11. The second kappa shape index (κ2) is 5.25. The average molecular weight is 213 g/mol. The predicted molar refractivity (Wildman–Crippen MR) is 60.9 cm³/mol. The normalized spacial score (nSPS) is 34.8. The van der Waals surface area contributed by atoms with Crippen molar-refractivity contribution in [2.24, 2.45) is 5.92 Å². The van der Waals surface area contributed by atoms with Gasteiger partial charge in [-0.25, -0.2) is 0 Å². The Morgan fingerprint density at radius 1 is 1.40 bits per heavy atom. The van der Waals surface area contributed by atoms with Gasteiger partial charge in [0.2, 0.25) is 0 Å². The number of likely N-dealkylation sites (N-methyl/N-ethyl adjacent to an activating group) is 1. The summed E-state index contributed by atoms with van der Waals surface area (Å²) in [6.07, 6.45) is 1.32. The van der Waals surface area contributed by atoms with Gasteiger partial charge in [0.25, 0.3) is 0 Å². The molecule has 0 aromatic rings. The lowest BCUT2D eigenvalue weighted by Gasteiger charge is -2.39. The summed E-state index contributed by atoms with van der Waals surface area (Å²) in [6, 6.07) is 0.341. The highest BCUT2D eigenvalue weighted by molar-refractivity contribution is 4.82. The molecule has 2 aliphatic rings. The Hall–Kier alpha value is -0.160. The Labute approximate surface area is 92.2 Å².